The maximum Gasteiger partial charge on any atom is 0.226 e. The molecule has 0 aliphatic carbocycles. The number of halogens is 5. The summed E-state index contributed by atoms with van der Waals surface area (Å²) in [6.07, 6.45) is 2.50. The van der Waals surface area contributed by atoms with Crippen molar-refractivity contribution in [3.05, 3.63) is 54.3 Å². The number of rotatable bonds is 7. The Kier molecular flexibility index (Phi) is 9.92. The first-order valence-electron chi connectivity index (χ1n) is 10.2. The molecule has 0 atom stereocenters. The first kappa shape index (κ1) is 25.7. The summed E-state index contributed by atoms with van der Waals surface area (Å²) in [5, 5.41) is 0. The molecule has 0 saturated carbocycles. The third-order valence-corrected chi connectivity index (χ3v) is 10.9. The summed E-state index contributed by atoms with van der Waals surface area (Å²) in [5.41, 5.74) is 2.07. The lowest BCUT2D eigenvalue weighted by atomic mass is 10.0. The van der Waals surface area contributed by atoms with E-state index in [1.807, 2.05) is 42.2 Å². The molecule has 0 radical (unpaired) electrons. The molecule has 4 nitrogen and oxygen atoms in total. The van der Waals surface area contributed by atoms with Crippen molar-refractivity contribution in [2.24, 2.45) is 0 Å². The van der Waals surface area contributed by atoms with E-state index < -0.39 is 0 Å². The normalized spacial score (nSPS) is 15.2. The smallest absolute Gasteiger partial charge is 0.226 e. The lowest BCUT2D eigenvalue weighted by Crippen LogP contribution is -2.48. The molecule has 0 bridgehead atoms. The minimum Gasteiger partial charge on any atom is -0.309 e. The Hall–Kier alpha value is 0.0700. The maximum atomic E-state index is 12.7. The molecule has 168 valence electrons. The summed E-state index contributed by atoms with van der Waals surface area (Å²) < 4.78 is 6.03. The van der Waals surface area contributed by atoms with Crippen LogP contribution in [0.1, 0.15) is 26.2 Å². The Bertz CT molecular complexity index is 904. The second-order valence-corrected chi connectivity index (χ2v) is 11.5. The Morgan fingerprint density at radius 1 is 1.03 bits per heavy atom. The average Bonchev–Trinajstić information content (AvgIpc) is 2.80. The highest BCUT2D eigenvalue weighted by Crippen LogP contribution is 2.43. The summed E-state index contributed by atoms with van der Waals surface area (Å²) >= 11 is 18.2. The van der Waals surface area contributed by atoms with Crippen LogP contribution in [0.2, 0.25) is 0 Å². The fourth-order valence-electron chi connectivity index (χ4n) is 3.81. The lowest BCUT2D eigenvalue weighted by molar-refractivity contribution is -0.119. The molecule has 2 aromatic rings. The van der Waals surface area contributed by atoms with E-state index in [4.69, 9.17) is 0 Å². The highest BCUT2D eigenvalue weighted by atomic mass is 79.9. The van der Waals surface area contributed by atoms with Crippen LogP contribution in [0.3, 0.4) is 0 Å². The minimum atomic E-state index is 0.201. The predicted molar refractivity (Wildman–Crippen MR) is 147 cm³/mol. The number of carbonyl (C=O) groups excluding carboxylic acids is 1. The van der Waals surface area contributed by atoms with Gasteiger partial charge < -0.3 is 13.7 Å². The Morgan fingerprint density at radius 2 is 1.68 bits per heavy atom. The predicted octanol–water partition coefficient (Wildman–Crippen LogP) is 7.76. The van der Waals surface area contributed by atoms with Gasteiger partial charge in [-0.2, -0.15) is 0 Å². The number of hydrogen-bond donors (Lipinski definition) is 0. The van der Waals surface area contributed by atoms with E-state index in [-0.39, 0.29) is 11.9 Å². The van der Waals surface area contributed by atoms with Crippen LogP contribution in [-0.4, -0.2) is 43.0 Å². The van der Waals surface area contributed by atoms with Crippen LogP contribution in [0, 0.1) is 0 Å². The SMILES string of the molecule is CCC(=O)N(c1ccccc1)C1CCN(CCN(Br)c2cc(Br)c(Br)c(Br)c2Br)CC1. The molecule has 3 rings (SSSR count). The Labute approximate surface area is 226 Å². The quantitative estimate of drug-likeness (QED) is 0.165. The number of piperidine rings is 1. The first-order chi connectivity index (χ1) is 14.8. The Balaban J connectivity index is 1.58. The number of hydrogen-bond acceptors (Lipinski definition) is 3. The monoisotopic (exact) mass is 741 g/mol. The summed E-state index contributed by atoms with van der Waals surface area (Å²) in [4.78, 5) is 17.1. The van der Waals surface area contributed by atoms with Gasteiger partial charge in [0.1, 0.15) is 0 Å². The van der Waals surface area contributed by atoms with Crippen LogP contribution in [0.5, 0.6) is 0 Å². The van der Waals surface area contributed by atoms with Gasteiger partial charge in [0.25, 0.3) is 0 Å². The molecule has 31 heavy (non-hydrogen) atoms. The van der Waals surface area contributed by atoms with Crippen LogP contribution >= 0.6 is 79.9 Å². The number of carbonyl (C=O) groups is 1. The van der Waals surface area contributed by atoms with E-state index in [2.05, 4.69) is 94.8 Å². The third-order valence-electron chi connectivity index (χ3n) is 5.49. The van der Waals surface area contributed by atoms with Crippen LogP contribution < -0.4 is 8.83 Å². The molecular weight excluding hydrogens is 722 g/mol. The van der Waals surface area contributed by atoms with Crippen LogP contribution in [0.15, 0.2) is 54.3 Å². The molecule has 1 saturated heterocycles. The van der Waals surface area contributed by atoms with Crippen molar-refractivity contribution >= 4 is 97.1 Å². The number of benzene rings is 2. The summed E-state index contributed by atoms with van der Waals surface area (Å²) in [6.45, 7) is 5.71. The summed E-state index contributed by atoms with van der Waals surface area (Å²) in [6, 6.07) is 12.4. The van der Waals surface area contributed by atoms with Gasteiger partial charge in [-0.05, 0) is 94.8 Å². The van der Waals surface area contributed by atoms with Crippen molar-refractivity contribution in [3.8, 4) is 0 Å². The molecule has 0 N–H and O–H groups in total. The van der Waals surface area contributed by atoms with Gasteiger partial charge in [-0.3, -0.25) is 4.79 Å². The summed E-state index contributed by atoms with van der Waals surface area (Å²) in [5.74, 6) is 0.201. The zero-order valence-corrected chi connectivity index (χ0v) is 25.1. The van der Waals surface area contributed by atoms with E-state index in [1.54, 1.807) is 0 Å². The van der Waals surface area contributed by atoms with Crippen LogP contribution in [-0.2, 0) is 4.79 Å². The average molecular weight is 746 g/mol. The molecular formula is C22H24Br5N3O. The van der Waals surface area contributed by atoms with E-state index in [0.717, 1.165) is 68.3 Å². The zero-order valence-electron chi connectivity index (χ0n) is 17.1. The lowest BCUT2D eigenvalue weighted by Gasteiger charge is -2.39. The van der Waals surface area contributed by atoms with Crippen molar-refractivity contribution in [2.75, 3.05) is 35.0 Å². The standard InChI is InChI=1S/C22H24Br5N3O/c1-2-19(31)30(15-6-4-3-5-7-15)16-8-10-28(11-9-16)12-13-29(27)18-14-17(23)20(24)22(26)21(18)25/h3-7,14,16H,2,8-13H2,1H3. The minimum absolute atomic E-state index is 0.201. The van der Waals surface area contributed by atoms with Gasteiger partial charge in [0.2, 0.25) is 5.91 Å². The van der Waals surface area contributed by atoms with Gasteiger partial charge in [0, 0.05) is 73.9 Å². The molecule has 1 heterocycles. The van der Waals surface area contributed by atoms with Crippen LogP contribution in [0.4, 0.5) is 11.4 Å². The third kappa shape index (κ3) is 6.35. The molecule has 2 aromatic carbocycles. The fourth-order valence-corrected chi connectivity index (χ4v) is 6.68. The Morgan fingerprint density at radius 3 is 2.29 bits per heavy atom. The largest absolute Gasteiger partial charge is 0.309 e. The molecule has 1 aliphatic rings. The molecule has 0 unspecified atom stereocenters. The number of anilines is 2. The van der Waals surface area contributed by atoms with E-state index in [9.17, 15) is 4.79 Å². The zero-order chi connectivity index (χ0) is 22.5. The van der Waals surface area contributed by atoms with Crippen molar-refractivity contribution in [1.82, 2.24) is 4.90 Å². The second-order valence-electron chi connectivity index (χ2n) is 7.43. The maximum absolute atomic E-state index is 12.7. The molecule has 0 spiro atoms. The van der Waals surface area contributed by atoms with E-state index in [1.165, 1.54) is 0 Å². The second kappa shape index (κ2) is 12.0. The van der Waals surface area contributed by atoms with E-state index in [0.29, 0.717) is 6.42 Å². The fraction of sp³-hybridized carbons (Fsp3) is 0.409. The molecule has 1 aliphatic heterocycles. The number of likely N-dealkylation sites (tertiary alicyclic amines) is 1. The van der Waals surface area contributed by atoms with Crippen molar-refractivity contribution in [2.45, 2.75) is 32.2 Å². The number of para-hydroxylation sites is 1. The van der Waals surface area contributed by atoms with Gasteiger partial charge in [-0.25, -0.2) is 0 Å². The summed E-state index contributed by atoms with van der Waals surface area (Å²) in [7, 11) is 0. The first-order valence-corrected chi connectivity index (χ1v) is 14.1. The van der Waals surface area contributed by atoms with Crippen molar-refractivity contribution in [1.29, 1.82) is 0 Å². The number of amides is 1. The van der Waals surface area contributed by atoms with E-state index >= 15 is 0 Å². The topological polar surface area (TPSA) is 26.8 Å². The molecule has 0 aromatic heterocycles. The van der Waals surface area contributed by atoms with Gasteiger partial charge in [-0.15, -0.1) is 0 Å². The highest BCUT2D eigenvalue weighted by molar-refractivity contribution is 9.15. The van der Waals surface area contributed by atoms with Gasteiger partial charge >= 0.3 is 0 Å². The highest BCUT2D eigenvalue weighted by Gasteiger charge is 2.28. The van der Waals surface area contributed by atoms with Gasteiger partial charge in [-0.1, -0.05) is 25.1 Å². The molecule has 1 amide bonds. The van der Waals surface area contributed by atoms with Crippen LogP contribution in [0.25, 0.3) is 0 Å². The van der Waals surface area contributed by atoms with Crippen molar-refractivity contribution in [3.63, 3.8) is 0 Å². The van der Waals surface area contributed by atoms with Gasteiger partial charge in [0.05, 0.1) is 10.2 Å². The van der Waals surface area contributed by atoms with Gasteiger partial charge in [0.15, 0.2) is 0 Å². The number of nitrogens with zero attached hydrogens (tertiary/aromatic N) is 3. The molecule has 1 fully saturated rings. The molecule has 9 heteroatoms. The van der Waals surface area contributed by atoms with Crippen molar-refractivity contribution < 1.29 is 4.79 Å².